The lowest BCUT2D eigenvalue weighted by Gasteiger charge is -2.12. The van der Waals surface area contributed by atoms with Gasteiger partial charge in [-0.05, 0) is 30.7 Å². The highest BCUT2D eigenvalue weighted by molar-refractivity contribution is 6.02. The molecule has 0 spiro atoms. The first-order chi connectivity index (χ1) is 9.40. The first kappa shape index (κ1) is 13.9. The minimum absolute atomic E-state index is 0.0747. The fourth-order valence-corrected chi connectivity index (χ4v) is 2.15. The van der Waals surface area contributed by atoms with Gasteiger partial charge in [-0.3, -0.25) is 9.59 Å². The zero-order chi connectivity index (χ0) is 14.9. The van der Waals surface area contributed by atoms with Crippen LogP contribution in [0.2, 0.25) is 0 Å². The van der Waals surface area contributed by atoms with E-state index in [2.05, 4.69) is 0 Å². The van der Waals surface area contributed by atoms with Gasteiger partial charge >= 0.3 is 5.97 Å². The molecule has 2 N–H and O–H groups in total. The average Bonchev–Trinajstić information content (AvgIpc) is 2.34. The predicted octanol–water partition coefficient (Wildman–Crippen LogP) is 2.31. The van der Waals surface area contributed by atoms with Crippen molar-refractivity contribution in [3.63, 3.8) is 0 Å². The summed E-state index contributed by atoms with van der Waals surface area (Å²) in [7, 11) is 0. The molecule has 0 radical (unpaired) electrons. The Kier molecular flexibility index (Phi) is 3.61. The first-order valence-electron chi connectivity index (χ1n) is 6.04. The van der Waals surface area contributed by atoms with E-state index in [1.807, 2.05) is 0 Å². The zero-order valence-corrected chi connectivity index (χ0v) is 11.1. The quantitative estimate of drug-likeness (QED) is 0.509. The van der Waals surface area contributed by atoms with Gasteiger partial charge in [0, 0.05) is 18.7 Å². The average molecular weight is 274 g/mol. The number of benzene rings is 2. The molecule has 0 aliphatic carbocycles. The molecule has 0 atom stereocenters. The van der Waals surface area contributed by atoms with Crippen molar-refractivity contribution in [1.29, 1.82) is 0 Å². The summed E-state index contributed by atoms with van der Waals surface area (Å²) in [5.41, 5.74) is 0.566. The Labute approximate surface area is 115 Å². The molecule has 2 rings (SSSR count). The molecule has 2 aromatic rings. The van der Waals surface area contributed by atoms with Crippen LogP contribution in [0.3, 0.4) is 0 Å². The molecule has 0 saturated carbocycles. The van der Waals surface area contributed by atoms with E-state index in [1.54, 1.807) is 6.07 Å². The summed E-state index contributed by atoms with van der Waals surface area (Å²) < 4.78 is 5.03. The van der Waals surface area contributed by atoms with Gasteiger partial charge in [-0.25, -0.2) is 0 Å². The molecule has 104 valence electrons. The van der Waals surface area contributed by atoms with Gasteiger partial charge in [-0.15, -0.1) is 0 Å². The van der Waals surface area contributed by atoms with Crippen LogP contribution in [0.4, 0.5) is 0 Å². The summed E-state index contributed by atoms with van der Waals surface area (Å²) in [4.78, 5) is 22.4. The second-order valence-corrected chi connectivity index (χ2v) is 4.55. The van der Waals surface area contributed by atoms with Crippen LogP contribution in [0.25, 0.3) is 10.8 Å². The highest BCUT2D eigenvalue weighted by Crippen LogP contribution is 2.40. The summed E-state index contributed by atoms with van der Waals surface area (Å²) in [5.74, 6) is -0.668. The maximum atomic E-state index is 11.3. The molecule has 0 saturated heterocycles. The van der Waals surface area contributed by atoms with E-state index < -0.39 is 5.97 Å². The molecular formula is C15H14O5. The third-order valence-corrected chi connectivity index (χ3v) is 2.86. The summed E-state index contributed by atoms with van der Waals surface area (Å²) in [5, 5.41) is 20.5. The number of fused-ring (bicyclic) bond motifs is 1. The Morgan fingerprint density at radius 1 is 1.00 bits per heavy atom. The van der Waals surface area contributed by atoms with Crippen molar-refractivity contribution in [2.75, 3.05) is 0 Å². The molecule has 0 aliphatic heterocycles. The second-order valence-electron chi connectivity index (χ2n) is 4.55. The molecule has 0 heterocycles. The summed E-state index contributed by atoms with van der Waals surface area (Å²) >= 11 is 0. The number of Topliss-reactive ketones (excluding diaryl/α,β-unsaturated/α-hetero) is 1. The van der Waals surface area contributed by atoms with E-state index in [0.29, 0.717) is 10.9 Å². The first-order valence-corrected chi connectivity index (χ1v) is 6.04. The van der Waals surface area contributed by atoms with E-state index in [9.17, 15) is 19.8 Å². The van der Waals surface area contributed by atoms with Gasteiger partial charge in [0.05, 0.1) is 5.39 Å². The summed E-state index contributed by atoms with van der Waals surface area (Å²) in [6.45, 7) is 2.68. The Bertz CT molecular complexity index is 642. The molecule has 5 nitrogen and oxygen atoms in total. The monoisotopic (exact) mass is 274 g/mol. The Morgan fingerprint density at radius 3 is 2.15 bits per heavy atom. The lowest BCUT2D eigenvalue weighted by molar-refractivity contribution is -0.131. The molecule has 0 amide bonds. The van der Waals surface area contributed by atoms with Crippen LogP contribution >= 0.6 is 0 Å². The Morgan fingerprint density at radius 2 is 1.60 bits per heavy atom. The number of rotatable bonds is 3. The van der Waals surface area contributed by atoms with Crippen molar-refractivity contribution in [3.8, 4) is 17.2 Å². The van der Waals surface area contributed by atoms with Gasteiger partial charge in [-0.2, -0.15) is 0 Å². The minimum Gasteiger partial charge on any atom is -0.507 e. The number of ether oxygens (including phenoxy) is 1. The normalized spacial score (nSPS) is 10.5. The van der Waals surface area contributed by atoms with Crippen LogP contribution in [0.15, 0.2) is 24.3 Å². The molecule has 0 unspecified atom stereocenters. The molecule has 2 aromatic carbocycles. The van der Waals surface area contributed by atoms with Crippen LogP contribution in [0.5, 0.6) is 17.2 Å². The molecule has 0 bridgehead atoms. The summed E-state index contributed by atoms with van der Waals surface area (Å²) in [6, 6.07) is 5.74. The standard InChI is InChI=1S/C15H14O5/c1-8(16)7-10-3-6-13(20-9(2)17)15-12(19)5-4-11(18)14(10)15/h3-6,18-19H,7H2,1-2H3. The molecule has 5 heteroatoms. The van der Waals surface area contributed by atoms with Crippen LogP contribution in [0.1, 0.15) is 19.4 Å². The Balaban J connectivity index is 2.78. The van der Waals surface area contributed by atoms with Crippen molar-refractivity contribution >= 4 is 22.5 Å². The number of ketones is 1. The van der Waals surface area contributed by atoms with Crippen molar-refractivity contribution in [1.82, 2.24) is 0 Å². The lowest BCUT2D eigenvalue weighted by Crippen LogP contribution is -2.03. The molecule has 0 fully saturated rings. The fourth-order valence-electron chi connectivity index (χ4n) is 2.15. The topological polar surface area (TPSA) is 83.8 Å². The molecule has 0 aliphatic rings. The third-order valence-electron chi connectivity index (χ3n) is 2.86. The SMILES string of the molecule is CC(=O)Cc1ccc(OC(C)=O)c2c(O)ccc(O)c12. The van der Waals surface area contributed by atoms with Crippen LogP contribution in [0, 0.1) is 0 Å². The zero-order valence-electron chi connectivity index (χ0n) is 11.1. The summed E-state index contributed by atoms with van der Waals surface area (Å²) in [6.07, 6.45) is 0.119. The maximum Gasteiger partial charge on any atom is 0.308 e. The van der Waals surface area contributed by atoms with Gasteiger partial charge in [0.25, 0.3) is 0 Å². The van der Waals surface area contributed by atoms with Gasteiger partial charge in [0.2, 0.25) is 0 Å². The molecule has 20 heavy (non-hydrogen) atoms. The van der Waals surface area contributed by atoms with E-state index in [0.717, 1.165) is 0 Å². The van der Waals surface area contributed by atoms with Crippen LogP contribution < -0.4 is 4.74 Å². The predicted molar refractivity (Wildman–Crippen MR) is 73.0 cm³/mol. The highest BCUT2D eigenvalue weighted by atomic mass is 16.5. The van der Waals surface area contributed by atoms with E-state index >= 15 is 0 Å². The third kappa shape index (κ3) is 2.56. The number of hydrogen-bond donors (Lipinski definition) is 2. The van der Waals surface area contributed by atoms with Crippen LogP contribution in [-0.2, 0) is 16.0 Å². The van der Waals surface area contributed by atoms with Crippen molar-refractivity contribution in [2.24, 2.45) is 0 Å². The van der Waals surface area contributed by atoms with Crippen molar-refractivity contribution in [3.05, 3.63) is 29.8 Å². The lowest BCUT2D eigenvalue weighted by atomic mass is 9.98. The van der Waals surface area contributed by atoms with E-state index in [-0.39, 0.29) is 34.8 Å². The van der Waals surface area contributed by atoms with Gasteiger partial charge < -0.3 is 14.9 Å². The number of phenols is 2. The molecular weight excluding hydrogens is 260 g/mol. The Hall–Kier alpha value is -2.56. The smallest absolute Gasteiger partial charge is 0.308 e. The number of carbonyl (C=O) groups excluding carboxylic acids is 2. The number of carbonyl (C=O) groups is 2. The van der Waals surface area contributed by atoms with E-state index in [4.69, 9.17) is 4.74 Å². The number of hydrogen-bond acceptors (Lipinski definition) is 5. The van der Waals surface area contributed by atoms with Crippen LogP contribution in [-0.4, -0.2) is 22.0 Å². The van der Waals surface area contributed by atoms with Crippen molar-refractivity contribution < 1.29 is 24.5 Å². The molecule has 0 aromatic heterocycles. The van der Waals surface area contributed by atoms with E-state index in [1.165, 1.54) is 32.0 Å². The number of aromatic hydroxyl groups is 2. The maximum absolute atomic E-state index is 11.3. The second kappa shape index (κ2) is 5.21. The fraction of sp³-hybridized carbons (Fsp3) is 0.200. The largest absolute Gasteiger partial charge is 0.507 e. The van der Waals surface area contributed by atoms with Gasteiger partial charge in [0.15, 0.2) is 0 Å². The van der Waals surface area contributed by atoms with Gasteiger partial charge in [-0.1, -0.05) is 6.07 Å². The highest BCUT2D eigenvalue weighted by Gasteiger charge is 2.16. The van der Waals surface area contributed by atoms with Gasteiger partial charge in [0.1, 0.15) is 23.0 Å². The minimum atomic E-state index is -0.534. The number of esters is 1. The van der Waals surface area contributed by atoms with Crippen molar-refractivity contribution in [2.45, 2.75) is 20.3 Å². The number of phenolic OH excluding ortho intramolecular Hbond substituents is 2.